The van der Waals surface area contributed by atoms with E-state index in [0.29, 0.717) is 17.2 Å². The van der Waals surface area contributed by atoms with E-state index in [1.165, 1.54) is 7.11 Å². The normalized spacial score (nSPS) is 10.3. The van der Waals surface area contributed by atoms with E-state index in [-0.39, 0.29) is 0 Å². The van der Waals surface area contributed by atoms with Crippen LogP contribution in [0.2, 0.25) is 0 Å². The van der Waals surface area contributed by atoms with Crippen LogP contribution in [-0.4, -0.2) is 25.1 Å². The Morgan fingerprint density at radius 2 is 1.88 bits per heavy atom. The van der Waals surface area contributed by atoms with Crippen molar-refractivity contribution in [3.63, 3.8) is 0 Å². The van der Waals surface area contributed by atoms with Gasteiger partial charge in [-0.3, -0.25) is 0 Å². The summed E-state index contributed by atoms with van der Waals surface area (Å²) in [5.41, 5.74) is 3.50. The van der Waals surface area contributed by atoms with Gasteiger partial charge in [0.1, 0.15) is 5.69 Å². The van der Waals surface area contributed by atoms with Crippen molar-refractivity contribution in [3.8, 4) is 0 Å². The van der Waals surface area contributed by atoms with Crippen LogP contribution in [0.5, 0.6) is 0 Å². The Labute approximate surface area is 143 Å². The molecule has 2 aromatic rings. The van der Waals surface area contributed by atoms with Crippen molar-refractivity contribution in [3.05, 3.63) is 59.0 Å². The standard InChI is InChI=1S/C19H26N3O2/c1-4-13-21(5-2)17-11-12-19(22(23)24-3)18(14-17)20-15-16-9-7-6-8-10-16/h6-12,14,20H,4-5,13,15H2,1-3H3/q+1. The van der Waals surface area contributed by atoms with Crippen LogP contribution in [0.25, 0.3) is 0 Å². The first-order chi connectivity index (χ1) is 11.7. The highest BCUT2D eigenvalue weighted by atomic mass is 16.8. The van der Waals surface area contributed by atoms with Crippen LogP contribution in [0.1, 0.15) is 25.8 Å². The molecule has 0 radical (unpaired) electrons. The molecule has 0 aliphatic rings. The van der Waals surface area contributed by atoms with Crippen LogP contribution in [0.3, 0.4) is 0 Å². The number of anilines is 2. The summed E-state index contributed by atoms with van der Waals surface area (Å²) in [6.07, 6.45) is 1.08. The van der Waals surface area contributed by atoms with Crippen LogP contribution >= 0.6 is 0 Å². The van der Waals surface area contributed by atoms with Crippen LogP contribution in [-0.2, 0) is 11.4 Å². The largest absolute Gasteiger partial charge is 0.375 e. The van der Waals surface area contributed by atoms with Gasteiger partial charge in [0.15, 0.2) is 7.11 Å². The fourth-order valence-electron chi connectivity index (χ4n) is 2.65. The Kier molecular flexibility index (Phi) is 6.61. The molecule has 2 aromatic carbocycles. The molecule has 0 atom stereocenters. The molecule has 5 heteroatoms. The lowest BCUT2D eigenvalue weighted by Gasteiger charge is -2.23. The zero-order valence-corrected chi connectivity index (χ0v) is 14.7. The molecule has 0 aliphatic heterocycles. The molecule has 0 saturated heterocycles. The van der Waals surface area contributed by atoms with Crippen molar-refractivity contribution in [2.45, 2.75) is 26.8 Å². The van der Waals surface area contributed by atoms with E-state index in [4.69, 9.17) is 4.84 Å². The van der Waals surface area contributed by atoms with Gasteiger partial charge in [-0.15, -0.1) is 0 Å². The zero-order chi connectivity index (χ0) is 17.4. The van der Waals surface area contributed by atoms with Crippen LogP contribution in [0.4, 0.5) is 17.1 Å². The van der Waals surface area contributed by atoms with Gasteiger partial charge in [-0.1, -0.05) is 37.3 Å². The van der Waals surface area contributed by atoms with Crippen molar-refractivity contribution < 1.29 is 9.76 Å². The second-order valence-corrected chi connectivity index (χ2v) is 5.56. The number of hydrogen-bond acceptors (Lipinski definition) is 4. The van der Waals surface area contributed by atoms with Crippen molar-refractivity contribution in [1.29, 1.82) is 0 Å². The van der Waals surface area contributed by atoms with E-state index in [9.17, 15) is 4.91 Å². The molecule has 0 unspecified atom stereocenters. The first-order valence-corrected chi connectivity index (χ1v) is 8.37. The fourth-order valence-corrected chi connectivity index (χ4v) is 2.65. The second kappa shape index (κ2) is 8.91. The maximum absolute atomic E-state index is 12.0. The van der Waals surface area contributed by atoms with Crippen molar-refractivity contribution in [1.82, 2.24) is 0 Å². The van der Waals surface area contributed by atoms with Crippen molar-refractivity contribution >= 4 is 17.1 Å². The lowest BCUT2D eigenvalue weighted by atomic mass is 10.2. The zero-order valence-electron chi connectivity index (χ0n) is 14.7. The molecule has 0 aliphatic carbocycles. The molecule has 0 fully saturated rings. The number of hydrogen-bond donors (Lipinski definition) is 1. The van der Waals surface area contributed by atoms with Crippen LogP contribution in [0.15, 0.2) is 48.5 Å². The molecule has 0 spiro atoms. The van der Waals surface area contributed by atoms with Gasteiger partial charge >= 0.3 is 5.69 Å². The lowest BCUT2D eigenvalue weighted by molar-refractivity contribution is -0.736. The molecular formula is C19H26N3O2+. The third-order valence-corrected chi connectivity index (χ3v) is 3.91. The lowest BCUT2D eigenvalue weighted by Crippen LogP contribution is -2.23. The summed E-state index contributed by atoms with van der Waals surface area (Å²) in [5, 5.41) is 3.36. The molecule has 128 valence electrons. The highest BCUT2D eigenvalue weighted by Crippen LogP contribution is 2.30. The van der Waals surface area contributed by atoms with Gasteiger partial charge in [0, 0.05) is 31.4 Å². The molecule has 24 heavy (non-hydrogen) atoms. The van der Waals surface area contributed by atoms with Crippen molar-refractivity contribution in [2.75, 3.05) is 30.4 Å². The number of rotatable bonds is 9. The predicted molar refractivity (Wildman–Crippen MR) is 98.7 cm³/mol. The number of benzene rings is 2. The molecule has 5 nitrogen and oxygen atoms in total. The van der Waals surface area contributed by atoms with Crippen molar-refractivity contribution in [2.24, 2.45) is 0 Å². The van der Waals surface area contributed by atoms with Gasteiger partial charge in [-0.25, -0.2) is 4.84 Å². The highest BCUT2D eigenvalue weighted by Gasteiger charge is 2.22. The molecular weight excluding hydrogens is 302 g/mol. The van der Waals surface area contributed by atoms with E-state index < -0.39 is 0 Å². The molecule has 0 heterocycles. The van der Waals surface area contributed by atoms with Gasteiger partial charge in [0.2, 0.25) is 0 Å². The summed E-state index contributed by atoms with van der Waals surface area (Å²) in [7, 11) is 1.37. The van der Waals surface area contributed by atoms with Gasteiger partial charge in [-0.2, -0.15) is 0 Å². The van der Waals surface area contributed by atoms with Gasteiger partial charge < -0.3 is 10.2 Å². The maximum Gasteiger partial charge on any atom is 0.339 e. The van der Waals surface area contributed by atoms with E-state index in [1.807, 2.05) is 30.3 Å². The van der Waals surface area contributed by atoms with Gasteiger partial charge in [-0.05, 0) is 31.0 Å². The predicted octanol–water partition coefficient (Wildman–Crippen LogP) is 4.51. The van der Waals surface area contributed by atoms with E-state index in [0.717, 1.165) is 36.4 Å². The third-order valence-electron chi connectivity index (χ3n) is 3.91. The third kappa shape index (κ3) is 4.47. The molecule has 0 aromatic heterocycles. The smallest absolute Gasteiger partial charge is 0.339 e. The second-order valence-electron chi connectivity index (χ2n) is 5.56. The van der Waals surface area contributed by atoms with Crippen LogP contribution in [0, 0.1) is 4.91 Å². The Bertz CT molecular complexity index is 659. The molecule has 2 rings (SSSR count). The first kappa shape index (κ1) is 17.8. The summed E-state index contributed by atoms with van der Waals surface area (Å²) in [4.78, 5) is 19.6. The van der Waals surface area contributed by atoms with Crippen LogP contribution < -0.4 is 10.2 Å². The van der Waals surface area contributed by atoms with E-state index in [1.54, 1.807) is 6.07 Å². The molecule has 0 amide bonds. The average molecular weight is 328 g/mol. The minimum atomic E-state index is 0.477. The number of nitrogens with one attached hydrogen (secondary N) is 1. The summed E-state index contributed by atoms with van der Waals surface area (Å²) >= 11 is 0. The summed E-state index contributed by atoms with van der Waals surface area (Å²) < 4.78 is 0. The highest BCUT2D eigenvalue weighted by molar-refractivity contribution is 5.69. The van der Waals surface area contributed by atoms with Gasteiger partial charge in [0.05, 0.1) is 4.91 Å². The van der Waals surface area contributed by atoms with Gasteiger partial charge in [0.25, 0.3) is 4.92 Å². The molecule has 1 N–H and O–H groups in total. The van der Waals surface area contributed by atoms with E-state index >= 15 is 0 Å². The Balaban J connectivity index is 2.27. The summed E-state index contributed by atoms with van der Waals surface area (Å²) in [6, 6.07) is 15.9. The average Bonchev–Trinajstić information content (AvgIpc) is 2.64. The number of nitrogens with zero attached hydrogens (tertiary/aromatic N) is 2. The first-order valence-electron chi connectivity index (χ1n) is 8.37. The Morgan fingerprint density at radius 1 is 1.12 bits per heavy atom. The van der Waals surface area contributed by atoms with E-state index in [2.05, 4.69) is 36.2 Å². The minimum absolute atomic E-state index is 0.477. The summed E-state index contributed by atoms with van der Waals surface area (Å²) in [5.74, 6) is 0. The molecule has 0 saturated carbocycles. The minimum Gasteiger partial charge on any atom is -0.375 e. The molecule has 0 bridgehead atoms. The Hall–Kier alpha value is -2.56. The monoisotopic (exact) mass is 328 g/mol. The SMILES string of the molecule is CCCN(CC)c1ccc([N+](=O)OC)c(NCc2ccccc2)c1. The quantitative estimate of drug-likeness (QED) is 0.688. The summed E-state index contributed by atoms with van der Waals surface area (Å²) in [6.45, 7) is 6.86. The Morgan fingerprint density at radius 3 is 2.50 bits per heavy atom. The fraction of sp³-hybridized carbons (Fsp3) is 0.368. The maximum atomic E-state index is 12.0. The topological polar surface area (TPSA) is 44.6 Å².